The van der Waals surface area contributed by atoms with Crippen molar-refractivity contribution in [2.75, 3.05) is 7.05 Å². The van der Waals surface area contributed by atoms with E-state index in [1.54, 1.807) is 17.2 Å². The molecule has 1 atom stereocenters. The van der Waals surface area contributed by atoms with Crippen molar-refractivity contribution < 1.29 is 0 Å². The van der Waals surface area contributed by atoms with Gasteiger partial charge in [0.15, 0.2) is 0 Å². The maximum Gasteiger partial charge on any atom is 0.115 e. The second kappa shape index (κ2) is 4.18. The lowest BCUT2D eigenvalue weighted by molar-refractivity contribution is 0.626. The molecule has 0 bridgehead atoms. The van der Waals surface area contributed by atoms with Crippen molar-refractivity contribution in [3.8, 4) is 0 Å². The molecule has 0 aliphatic carbocycles. The van der Waals surface area contributed by atoms with Crippen LogP contribution in [0.25, 0.3) is 0 Å². The highest BCUT2D eigenvalue weighted by Crippen LogP contribution is 2.16. The van der Waals surface area contributed by atoms with Gasteiger partial charge >= 0.3 is 0 Å². The zero-order valence-electron chi connectivity index (χ0n) is 8.75. The monoisotopic (exact) mass is 203 g/mol. The summed E-state index contributed by atoms with van der Waals surface area (Å²) in [5.41, 5.74) is 1.88. The van der Waals surface area contributed by atoms with Crippen LogP contribution in [0.3, 0.4) is 0 Å². The number of rotatable bonds is 3. The minimum Gasteiger partial charge on any atom is -0.307 e. The summed E-state index contributed by atoms with van der Waals surface area (Å²) in [6.07, 6.45) is 5.19. The van der Waals surface area contributed by atoms with Crippen LogP contribution in [0.5, 0.6) is 0 Å². The number of hydrogen-bond donors (Lipinski definition) is 1. The highest BCUT2D eigenvalue weighted by molar-refractivity contribution is 5.19. The molecule has 0 fully saturated rings. The number of aryl methyl sites for hydroxylation is 1. The zero-order valence-corrected chi connectivity index (χ0v) is 8.75. The standard InChI is InChI=1S/C10H13N5/c1-11-10(8-3-5-12-7-13-8)9-4-6-15(2)14-9/h3-7,10-11H,1-2H3. The third-order valence-electron chi connectivity index (χ3n) is 2.22. The molecule has 2 aromatic rings. The molecule has 1 N–H and O–H groups in total. The molecule has 0 saturated heterocycles. The van der Waals surface area contributed by atoms with Gasteiger partial charge in [-0.2, -0.15) is 5.10 Å². The fourth-order valence-electron chi connectivity index (χ4n) is 1.51. The van der Waals surface area contributed by atoms with Crippen molar-refractivity contribution in [1.82, 2.24) is 25.1 Å². The van der Waals surface area contributed by atoms with Gasteiger partial charge in [-0.3, -0.25) is 4.68 Å². The SMILES string of the molecule is CNC(c1ccncn1)c1ccn(C)n1. The summed E-state index contributed by atoms with van der Waals surface area (Å²) in [5, 5.41) is 7.53. The zero-order chi connectivity index (χ0) is 10.7. The third kappa shape index (κ3) is 2.02. The number of hydrogen-bond acceptors (Lipinski definition) is 4. The van der Waals surface area contributed by atoms with E-state index in [9.17, 15) is 0 Å². The second-order valence-corrected chi connectivity index (χ2v) is 3.27. The van der Waals surface area contributed by atoms with E-state index in [0.29, 0.717) is 0 Å². The lowest BCUT2D eigenvalue weighted by Crippen LogP contribution is -2.19. The molecule has 2 heterocycles. The predicted molar refractivity (Wildman–Crippen MR) is 56.1 cm³/mol. The maximum atomic E-state index is 4.35. The Morgan fingerprint density at radius 3 is 2.73 bits per heavy atom. The Bertz CT molecular complexity index is 422. The Hall–Kier alpha value is -1.75. The Labute approximate surface area is 88.2 Å². The van der Waals surface area contributed by atoms with E-state index < -0.39 is 0 Å². The van der Waals surface area contributed by atoms with Crippen molar-refractivity contribution in [2.45, 2.75) is 6.04 Å². The van der Waals surface area contributed by atoms with Crippen LogP contribution in [0, 0.1) is 0 Å². The molecule has 0 spiro atoms. The van der Waals surface area contributed by atoms with Crippen LogP contribution in [-0.2, 0) is 7.05 Å². The van der Waals surface area contributed by atoms with Gasteiger partial charge in [-0.15, -0.1) is 0 Å². The summed E-state index contributed by atoms with van der Waals surface area (Å²) >= 11 is 0. The first-order valence-electron chi connectivity index (χ1n) is 4.74. The van der Waals surface area contributed by atoms with Crippen molar-refractivity contribution in [1.29, 1.82) is 0 Å². The van der Waals surface area contributed by atoms with Crippen LogP contribution in [0.2, 0.25) is 0 Å². The molecule has 0 aliphatic heterocycles. The van der Waals surface area contributed by atoms with Gasteiger partial charge in [0, 0.05) is 19.4 Å². The minimum atomic E-state index is 0.0224. The van der Waals surface area contributed by atoms with Gasteiger partial charge in [-0.1, -0.05) is 0 Å². The van der Waals surface area contributed by atoms with E-state index >= 15 is 0 Å². The van der Waals surface area contributed by atoms with Gasteiger partial charge in [-0.25, -0.2) is 9.97 Å². The summed E-state index contributed by atoms with van der Waals surface area (Å²) in [5.74, 6) is 0. The molecule has 1 unspecified atom stereocenters. The lowest BCUT2D eigenvalue weighted by Gasteiger charge is -2.12. The largest absolute Gasteiger partial charge is 0.307 e. The number of nitrogens with one attached hydrogen (secondary N) is 1. The number of nitrogens with zero attached hydrogens (tertiary/aromatic N) is 4. The summed E-state index contributed by atoms with van der Waals surface area (Å²) in [4.78, 5) is 8.11. The smallest absolute Gasteiger partial charge is 0.115 e. The average molecular weight is 203 g/mol. The first kappa shape index (κ1) is 9.79. The molecule has 78 valence electrons. The second-order valence-electron chi connectivity index (χ2n) is 3.27. The van der Waals surface area contributed by atoms with Gasteiger partial charge in [0.2, 0.25) is 0 Å². The van der Waals surface area contributed by atoms with Crippen molar-refractivity contribution in [3.05, 3.63) is 42.2 Å². The van der Waals surface area contributed by atoms with E-state index in [4.69, 9.17) is 0 Å². The maximum absolute atomic E-state index is 4.35. The van der Waals surface area contributed by atoms with Crippen molar-refractivity contribution in [3.63, 3.8) is 0 Å². The third-order valence-corrected chi connectivity index (χ3v) is 2.22. The van der Waals surface area contributed by atoms with Gasteiger partial charge < -0.3 is 5.32 Å². The molecule has 0 aliphatic rings. The Morgan fingerprint density at radius 2 is 2.20 bits per heavy atom. The van der Waals surface area contributed by atoms with E-state index in [2.05, 4.69) is 20.4 Å². The van der Waals surface area contributed by atoms with E-state index in [0.717, 1.165) is 11.4 Å². The molecule has 0 radical (unpaired) electrons. The van der Waals surface area contributed by atoms with Crippen molar-refractivity contribution >= 4 is 0 Å². The molecule has 5 heteroatoms. The average Bonchev–Trinajstić information content (AvgIpc) is 2.68. The van der Waals surface area contributed by atoms with Crippen molar-refractivity contribution in [2.24, 2.45) is 7.05 Å². The van der Waals surface area contributed by atoms with E-state index in [-0.39, 0.29) is 6.04 Å². The highest BCUT2D eigenvalue weighted by Gasteiger charge is 2.15. The quantitative estimate of drug-likeness (QED) is 0.790. The van der Waals surface area contributed by atoms with Crippen LogP contribution < -0.4 is 5.32 Å². The molecular formula is C10H13N5. The van der Waals surface area contributed by atoms with E-state index in [1.807, 2.05) is 32.4 Å². The predicted octanol–water partition coefficient (Wildman–Crippen LogP) is 0.519. The van der Waals surface area contributed by atoms with Crippen LogP contribution >= 0.6 is 0 Å². The molecular weight excluding hydrogens is 190 g/mol. The van der Waals surface area contributed by atoms with Crippen LogP contribution in [-0.4, -0.2) is 26.8 Å². The van der Waals surface area contributed by atoms with E-state index in [1.165, 1.54) is 0 Å². The normalized spacial score (nSPS) is 12.7. The Kier molecular flexibility index (Phi) is 2.73. The fraction of sp³-hybridized carbons (Fsp3) is 0.300. The molecule has 0 saturated carbocycles. The molecule has 5 nitrogen and oxygen atoms in total. The minimum absolute atomic E-state index is 0.0224. The first-order valence-corrected chi connectivity index (χ1v) is 4.74. The van der Waals surface area contributed by atoms with Crippen LogP contribution in [0.15, 0.2) is 30.9 Å². The fourth-order valence-corrected chi connectivity index (χ4v) is 1.51. The Morgan fingerprint density at radius 1 is 1.33 bits per heavy atom. The molecule has 2 rings (SSSR count). The molecule has 2 aromatic heterocycles. The topological polar surface area (TPSA) is 55.6 Å². The summed E-state index contributed by atoms with van der Waals surface area (Å²) in [7, 11) is 3.79. The molecule has 15 heavy (non-hydrogen) atoms. The number of aromatic nitrogens is 4. The Balaban J connectivity index is 2.33. The lowest BCUT2D eigenvalue weighted by atomic mass is 10.1. The first-order chi connectivity index (χ1) is 7.31. The summed E-state index contributed by atoms with van der Waals surface area (Å²) in [6.45, 7) is 0. The van der Waals surface area contributed by atoms with Crippen LogP contribution in [0.4, 0.5) is 0 Å². The van der Waals surface area contributed by atoms with Gasteiger partial charge in [0.25, 0.3) is 0 Å². The highest BCUT2D eigenvalue weighted by atomic mass is 15.3. The van der Waals surface area contributed by atoms with Gasteiger partial charge in [0.05, 0.1) is 17.4 Å². The molecule has 0 aromatic carbocycles. The summed E-state index contributed by atoms with van der Waals surface area (Å²) < 4.78 is 1.78. The van der Waals surface area contributed by atoms with Crippen LogP contribution in [0.1, 0.15) is 17.4 Å². The summed E-state index contributed by atoms with van der Waals surface area (Å²) in [6, 6.07) is 3.88. The van der Waals surface area contributed by atoms with Gasteiger partial charge in [-0.05, 0) is 19.2 Å². The molecule has 0 amide bonds. The van der Waals surface area contributed by atoms with Gasteiger partial charge in [0.1, 0.15) is 6.33 Å².